The number of para-hydroxylation sites is 1. The molecule has 0 radical (unpaired) electrons. The third-order valence-electron chi connectivity index (χ3n) is 5.28. The van der Waals surface area contributed by atoms with Crippen LogP contribution in [0.2, 0.25) is 0 Å². The zero-order valence-corrected chi connectivity index (χ0v) is 18.9. The molecule has 0 spiro atoms. The summed E-state index contributed by atoms with van der Waals surface area (Å²) in [5, 5.41) is 9.39. The number of rotatable bonds is 6. The number of aryl methyl sites for hydroxylation is 1. The average molecular weight is 435 g/mol. The van der Waals surface area contributed by atoms with Crippen molar-refractivity contribution in [2.45, 2.75) is 51.4 Å². The first kappa shape index (κ1) is 21.3. The van der Waals surface area contributed by atoms with E-state index in [-0.39, 0.29) is 5.91 Å². The van der Waals surface area contributed by atoms with Crippen molar-refractivity contribution in [1.82, 2.24) is 15.2 Å². The smallest absolute Gasteiger partial charge is 0.247 e. The molecule has 0 saturated heterocycles. The van der Waals surface area contributed by atoms with Crippen LogP contribution in [0.3, 0.4) is 0 Å². The number of anilines is 1. The van der Waals surface area contributed by atoms with Gasteiger partial charge >= 0.3 is 0 Å². The summed E-state index contributed by atoms with van der Waals surface area (Å²) in [5.41, 5.74) is 4.02. The molecular weight excluding hydrogens is 408 g/mol. The molecule has 1 atom stereocenters. The summed E-state index contributed by atoms with van der Waals surface area (Å²) < 4.78 is 6.43. The summed E-state index contributed by atoms with van der Waals surface area (Å²) in [5.74, 6) is 1.22. The third-order valence-corrected chi connectivity index (χ3v) is 6.21. The molecule has 0 fully saturated rings. The van der Waals surface area contributed by atoms with E-state index in [9.17, 15) is 4.79 Å². The number of carbonyl (C=O) groups is 1. The molecule has 1 amide bonds. The Morgan fingerprint density at radius 1 is 1.10 bits per heavy atom. The molecule has 3 aromatic rings. The second-order valence-corrected chi connectivity index (χ2v) is 8.60. The predicted octanol–water partition coefficient (Wildman–Crippen LogP) is 5.57. The highest BCUT2D eigenvalue weighted by Crippen LogP contribution is 2.43. The van der Waals surface area contributed by atoms with E-state index in [4.69, 9.17) is 9.72 Å². The number of benzene rings is 2. The predicted molar refractivity (Wildman–Crippen MR) is 123 cm³/mol. The van der Waals surface area contributed by atoms with Gasteiger partial charge in [0.2, 0.25) is 23.2 Å². The van der Waals surface area contributed by atoms with Crippen molar-refractivity contribution in [3.05, 3.63) is 59.7 Å². The SMILES string of the molecule is CCCCCSc1nnc2c(n1)OC(c1ccccc1C)N(C(C)=O)c1ccccc1-2. The standard InChI is InChI=1S/C24H26N4O2S/c1-4-5-10-15-31-24-25-22-21(26-27-24)19-13-8-9-14-20(19)28(17(3)29)23(30-22)18-12-7-6-11-16(18)2/h6-9,11-14,23H,4-5,10,15H2,1-3H3. The number of carbonyl (C=O) groups excluding carboxylic acids is 1. The van der Waals surface area contributed by atoms with Crippen molar-refractivity contribution in [2.24, 2.45) is 0 Å². The lowest BCUT2D eigenvalue weighted by molar-refractivity contribution is -0.118. The molecule has 1 unspecified atom stereocenters. The van der Waals surface area contributed by atoms with Gasteiger partial charge in [-0.05, 0) is 25.0 Å². The summed E-state index contributed by atoms with van der Waals surface area (Å²) in [7, 11) is 0. The van der Waals surface area contributed by atoms with E-state index in [2.05, 4.69) is 17.1 Å². The van der Waals surface area contributed by atoms with Crippen molar-refractivity contribution in [2.75, 3.05) is 10.7 Å². The van der Waals surface area contributed by atoms with Crippen LogP contribution in [0.25, 0.3) is 11.3 Å². The molecule has 6 nitrogen and oxygen atoms in total. The van der Waals surface area contributed by atoms with E-state index in [0.29, 0.717) is 16.7 Å². The van der Waals surface area contributed by atoms with Crippen molar-refractivity contribution in [3.63, 3.8) is 0 Å². The highest BCUT2D eigenvalue weighted by molar-refractivity contribution is 7.99. The van der Waals surface area contributed by atoms with E-state index >= 15 is 0 Å². The quantitative estimate of drug-likeness (QED) is 0.373. The second-order valence-electron chi connectivity index (χ2n) is 7.54. The second kappa shape index (κ2) is 9.47. The first-order chi connectivity index (χ1) is 15.1. The van der Waals surface area contributed by atoms with Gasteiger partial charge < -0.3 is 4.74 Å². The molecule has 0 saturated carbocycles. The first-order valence-electron chi connectivity index (χ1n) is 10.6. The Kier molecular flexibility index (Phi) is 6.51. The molecule has 4 rings (SSSR count). The fourth-order valence-corrected chi connectivity index (χ4v) is 4.47. The van der Waals surface area contributed by atoms with Gasteiger partial charge in [-0.2, -0.15) is 4.98 Å². The number of fused-ring (bicyclic) bond motifs is 3. The summed E-state index contributed by atoms with van der Waals surface area (Å²) >= 11 is 1.58. The third kappa shape index (κ3) is 4.42. The molecular formula is C24H26N4O2S. The van der Waals surface area contributed by atoms with Crippen LogP contribution in [0.15, 0.2) is 53.7 Å². The maximum atomic E-state index is 12.8. The molecule has 160 valence electrons. The van der Waals surface area contributed by atoms with Crippen molar-refractivity contribution < 1.29 is 9.53 Å². The number of unbranched alkanes of at least 4 members (excludes halogenated alkanes) is 2. The Hall–Kier alpha value is -2.93. The fourth-order valence-electron chi connectivity index (χ4n) is 3.70. The minimum absolute atomic E-state index is 0.115. The Bertz CT molecular complexity index is 1090. The van der Waals surface area contributed by atoms with Gasteiger partial charge in [-0.1, -0.05) is 74.0 Å². The van der Waals surface area contributed by atoms with Crippen LogP contribution < -0.4 is 9.64 Å². The van der Waals surface area contributed by atoms with E-state index in [1.54, 1.807) is 23.6 Å². The van der Waals surface area contributed by atoms with Gasteiger partial charge in [0.15, 0.2) is 5.69 Å². The monoisotopic (exact) mass is 434 g/mol. The largest absolute Gasteiger partial charge is 0.447 e. The summed E-state index contributed by atoms with van der Waals surface area (Å²) in [6.45, 7) is 5.75. The minimum Gasteiger partial charge on any atom is -0.447 e. The molecule has 1 aromatic heterocycles. The summed E-state index contributed by atoms with van der Waals surface area (Å²) in [6.07, 6.45) is 2.81. The van der Waals surface area contributed by atoms with Crippen LogP contribution in [-0.2, 0) is 4.79 Å². The molecule has 1 aliphatic rings. The minimum atomic E-state index is -0.643. The number of aromatic nitrogens is 3. The number of nitrogens with zero attached hydrogens (tertiary/aromatic N) is 4. The van der Waals surface area contributed by atoms with Gasteiger partial charge in [-0.25, -0.2) is 0 Å². The molecule has 0 N–H and O–H groups in total. The first-order valence-corrected chi connectivity index (χ1v) is 11.6. The molecule has 31 heavy (non-hydrogen) atoms. The Morgan fingerprint density at radius 2 is 1.87 bits per heavy atom. The van der Waals surface area contributed by atoms with Gasteiger partial charge in [0, 0.05) is 23.8 Å². The number of hydrogen-bond donors (Lipinski definition) is 0. The lowest BCUT2D eigenvalue weighted by Crippen LogP contribution is -2.36. The zero-order chi connectivity index (χ0) is 21.8. The molecule has 2 heterocycles. The lowest BCUT2D eigenvalue weighted by Gasteiger charge is -2.30. The maximum Gasteiger partial charge on any atom is 0.247 e. The summed E-state index contributed by atoms with van der Waals surface area (Å²) in [6, 6.07) is 15.6. The Morgan fingerprint density at radius 3 is 2.65 bits per heavy atom. The molecule has 0 bridgehead atoms. The van der Waals surface area contributed by atoms with Crippen LogP contribution >= 0.6 is 11.8 Å². The van der Waals surface area contributed by atoms with Gasteiger partial charge in [0.25, 0.3) is 0 Å². The lowest BCUT2D eigenvalue weighted by atomic mass is 10.0. The number of amides is 1. The average Bonchev–Trinajstić information content (AvgIpc) is 2.91. The van der Waals surface area contributed by atoms with Crippen molar-refractivity contribution in [3.8, 4) is 17.1 Å². The van der Waals surface area contributed by atoms with E-state index in [1.165, 1.54) is 12.8 Å². The van der Waals surface area contributed by atoms with Crippen LogP contribution in [-0.4, -0.2) is 26.8 Å². The fraction of sp³-hybridized carbons (Fsp3) is 0.333. The molecule has 7 heteroatoms. The maximum absolute atomic E-state index is 12.8. The van der Waals surface area contributed by atoms with E-state index in [1.807, 2.05) is 55.5 Å². The van der Waals surface area contributed by atoms with Crippen LogP contribution in [0.5, 0.6) is 5.88 Å². The number of thioether (sulfide) groups is 1. The van der Waals surface area contributed by atoms with Crippen LogP contribution in [0.4, 0.5) is 5.69 Å². The molecule has 2 aromatic carbocycles. The molecule has 0 aliphatic carbocycles. The number of hydrogen-bond acceptors (Lipinski definition) is 6. The van der Waals surface area contributed by atoms with Gasteiger partial charge in [0.1, 0.15) is 0 Å². The van der Waals surface area contributed by atoms with Gasteiger partial charge in [-0.15, -0.1) is 10.2 Å². The van der Waals surface area contributed by atoms with Crippen molar-refractivity contribution >= 4 is 23.4 Å². The Balaban J connectivity index is 1.82. The highest BCUT2D eigenvalue weighted by Gasteiger charge is 2.35. The van der Waals surface area contributed by atoms with E-state index < -0.39 is 6.23 Å². The van der Waals surface area contributed by atoms with Crippen molar-refractivity contribution in [1.29, 1.82) is 0 Å². The van der Waals surface area contributed by atoms with Gasteiger partial charge in [-0.3, -0.25) is 9.69 Å². The topological polar surface area (TPSA) is 68.2 Å². The van der Waals surface area contributed by atoms with Crippen LogP contribution in [0, 0.1) is 6.92 Å². The summed E-state index contributed by atoms with van der Waals surface area (Å²) in [4.78, 5) is 19.2. The Labute approximate surface area is 187 Å². The van der Waals surface area contributed by atoms with E-state index in [0.717, 1.165) is 34.6 Å². The normalized spacial score (nSPS) is 14.9. The van der Waals surface area contributed by atoms with Crippen LogP contribution in [0.1, 0.15) is 50.5 Å². The van der Waals surface area contributed by atoms with Gasteiger partial charge in [0.05, 0.1) is 5.69 Å². The number of ether oxygens (including phenoxy) is 1. The zero-order valence-electron chi connectivity index (χ0n) is 18.0. The molecule has 1 aliphatic heterocycles. The highest BCUT2D eigenvalue weighted by atomic mass is 32.2.